The van der Waals surface area contributed by atoms with Crippen LogP contribution in [0, 0.1) is 0 Å². The summed E-state index contributed by atoms with van der Waals surface area (Å²) < 4.78 is 32.6. The molecule has 3 aromatic carbocycles. The van der Waals surface area contributed by atoms with Gasteiger partial charge < -0.3 is 10.1 Å². The molecule has 0 fully saturated rings. The summed E-state index contributed by atoms with van der Waals surface area (Å²) in [5.41, 5.74) is 0.936. The van der Waals surface area contributed by atoms with Crippen molar-refractivity contribution in [1.29, 1.82) is 0 Å². The van der Waals surface area contributed by atoms with E-state index in [9.17, 15) is 13.2 Å². The normalized spacial score (nSPS) is 11.0. The van der Waals surface area contributed by atoms with Crippen LogP contribution < -0.4 is 14.8 Å². The van der Waals surface area contributed by atoms with Gasteiger partial charge in [0.1, 0.15) is 5.75 Å². The van der Waals surface area contributed by atoms with Crippen molar-refractivity contribution in [3.63, 3.8) is 0 Å². The first-order chi connectivity index (χ1) is 13.8. The minimum atomic E-state index is -3.82. The summed E-state index contributed by atoms with van der Waals surface area (Å²) in [7, 11) is -2.33. The number of amides is 1. The number of ether oxygens (including phenoxy) is 1. The van der Waals surface area contributed by atoms with Crippen LogP contribution >= 0.6 is 23.2 Å². The third kappa shape index (κ3) is 5.41. The lowest BCUT2D eigenvalue weighted by Crippen LogP contribution is -2.15. The number of methoxy groups -OCH3 is 1. The van der Waals surface area contributed by atoms with Gasteiger partial charge >= 0.3 is 0 Å². The predicted octanol–water partition coefficient (Wildman–Crippen LogP) is 5.06. The van der Waals surface area contributed by atoms with Crippen molar-refractivity contribution in [3.8, 4) is 5.75 Å². The fourth-order valence-corrected chi connectivity index (χ4v) is 4.10. The van der Waals surface area contributed by atoms with E-state index in [0.29, 0.717) is 21.5 Å². The maximum Gasteiger partial charge on any atom is 0.261 e. The van der Waals surface area contributed by atoms with E-state index in [4.69, 9.17) is 27.9 Å². The Kier molecular flexibility index (Phi) is 6.32. The minimum Gasteiger partial charge on any atom is -0.497 e. The van der Waals surface area contributed by atoms with Gasteiger partial charge in [-0.2, -0.15) is 0 Å². The highest BCUT2D eigenvalue weighted by Gasteiger charge is 2.15. The zero-order valence-electron chi connectivity index (χ0n) is 15.1. The van der Waals surface area contributed by atoms with Crippen molar-refractivity contribution in [3.05, 3.63) is 82.3 Å². The van der Waals surface area contributed by atoms with Crippen LogP contribution in [0.4, 0.5) is 11.4 Å². The van der Waals surface area contributed by atoms with Gasteiger partial charge in [0, 0.05) is 27.0 Å². The molecular weight excluding hydrogens is 435 g/mol. The number of carbonyl (C=O) groups is 1. The largest absolute Gasteiger partial charge is 0.497 e. The van der Waals surface area contributed by atoms with Crippen LogP contribution in [-0.4, -0.2) is 21.4 Å². The van der Waals surface area contributed by atoms with Crippen LogP contribution in [0.1, 0.15) is 10.4 Å². The molecule has 0 aromatic heterocycles. The van der Waals surface area contributed by atoms with Gasteiger partial charge in [0.05, 0.1) is 12.0 Å². The number of hydrogen-bond acceptors (Lipinski definition) is 4. The van der Waals surface area contributed by atoms with Crippen LogP contribution in [0.15, 0.2) is 71.6 Å². The van der Waals surface area contributed by atoms with E-state index in [2.05, 4.69) is 10.0 Å². The van der Waals surface area contributed by atoms with Gasteiger partial charge in [0.25, 0.3) is 15.9 Å². The molecule has 0 spiro atoms. The highest BCUT2D eigenvalue weighted by molar-refractivity contribution is 7.92. The average molecular weight is 451 g/mol. The molecule has 1 amide bonds. The van der Waals surface area contributed by atoms with Gasteiger partial charge in [0.2, 0.25) is 0 Å². The van der Waals surface area contributed by atoms with Gasteiger partial charge in [0.15, 0.2) is 0 Å². The SMILES string of the molecule is COc1ccc(S(=O)(=O)Nc2cccc(C(=O)Nc3cc(Cl)cc(Cl)c3)c2)cc1. The molecule has 0 bridgehead atoms. The molecule has 0 aliphatic carbocycles. The average Bonchev–Trinajstić information content (AvgIpc) is 2.67. The Balaban J connectivity index is 1.78. The number of sulfonamides is 1. The number of halogens is 2. The first-order valence-electron chi connectivity index (χ1n) is 8.31. The lowest BCUT2D eigenvalue weighted by Gasteiger charge is -2.11. The monoisotopic (exact) mass is 450 g/mol. The summed E-state index contributed by atoms with van der Waals surface area (Å²) in [4.78, 5) is 12.6. The first-order valence-corrected chi connectivity index (χ1v) is 10.5. The van der Waals surface area contributed by atoms with E-state index in [0.717, 1.165) is 0 Å². The van der Waals surface area contributed by atoms with Gasteiger partial charge in [-0.05, 0) is 60.7 Å². The fourth-order valence-electron chi connectivity index (χ4n) is 2.52. The van der Waals surface area contributed by atoms with Gasteiger partial charge in [-0.3, -0.25) is 9.52 Å². The Bertz CT molecular complexity index is 1130. The minimum absolute atomic E-state index is 0.0710. The van der Waals surface area contributed by atoms with Crippen molar-refractivity contribution in [1.82, 2.24) is 0 Å². The summed E-state index contributed by atoms with van der Waals surface area (Å²) in [5, 5.41) is 3.44. The molecule has 0 heterocycles. The molecule has 150 valence electrons. The van der Waals surface area contributed by atoms with Crippen LogP contribution in [-0.2, 0) is 10.0 Å². The number of anilines is 2. The smallest absolute Gasteiger partial charge is 0.261 e. The van der Waals surface area contributed by atoms with Crippen molar-refractivity contribution < 1.29 is 17.9 Å². The maximum absolute atomic E-state index is 12.6. The second-order valence-corrected chi connectivity index (χ2v) is 8.53. The standard InChI is InChI=1S/C20H16Cl2N2O4S/c1-28-18-5-7-19(8-6-18)29(26,27)24-16-4-2-3-13(9-16)20(25)23-17-11-14(21)10-15(22)12-17/h2-12,24H,1H3,(H,23,25). The lowest BCUT2D eigenvalue weighted by atomic mass is 10.2. The molecule has 9 heteroatoms. The molecule has 3 aromatic rings. The number of hydrogen-bond donors (Lipinski definition) is 2. The van der Waals surface area contributed by atoms with Crippen molar-refractivity contribution >= 4 is 50.5 Å². The fraction of sp³-hybridized carbons (Fsp3) is 0.0500. The maximum atomic E-state index is 12.6. The molecule has 3 rings (SSSR count). The second kappa shape index (κ2) is 8.73. The third-order valence-electron chi connectivity index (χ3n) is 3.87. The van der Waals surface area contributed by atoms with E-state index >= 15 is 0 Å². The highest BCUT2D eigenvalue weighted by Crippen LogP contribution is 2.24. The zero-order valence-corrected chi connectivity index (χ0v) is 17.5. The highest BCUT2D eigenvalue weighted by atomic mass is 35.5. The molecule has 0 atom stereocenters. The van der Waals surface area contributed by atoms with Gasteiger partial charge in [-0.15, -0.1) is 0 Å². The lowest BCUT2D eigenvalue weighted by molar-refractivity contribution is 0.102. The Morgan fingerprint density at radius 2 is 1.55 bits per heavy atom. The van der Waals surface area contributed by atoms with E-state index in [1.165, 1.54) is 25.3 Å². The molecule has 0 unspecified atom stereocenters. The summed E-state index contributed by atoms with van der Waals surface area (Å²) in [6, 6.07) is 16.7. The van der Waals surface area contributed by atoms with Crippen molar-refractivity contribution in [2.45, 2.75) is 4.90 Å². The van der Waals surface area contributed by atoms with E-state index < -0.39 is 15.9 Å². The molecule has 6 nitrogen and oxygen atoms in total. The van der Waals surface area contributed by atoms with Crippen LogP contribution in [0.25, 0.3) is 0 Å². The Labute approximate surface area is 178 Å². The van der Waals surface area contributed by atoms with E-state index in [-0.39, 0.29) is 16.1 Å². The number of rotatable bonds is 6. The number of benzene rings is 3. The number of nitrogens with one attached hydrogen (secondary N) is 2. The Morgan fingerprint density at radius 3 is 2.17 bits per heavy atom. The van der Waals surface area contributed by atoms with Crippen LogP contribution in [0.5, 0.6) is 5.75 Å². The molecule has 0 aliphatic rings. The van der Waals surface area contributed by atoms with Crippen molar-refractivity contribution in [2.75, 3.05) is 17.1 Å². The van der Waals surface area contributed by atoms with E-state index in [1.54, 1.807) is 48.5 Å². The van der Waals surface area contributed by atoms with Crippen LogP contribution in [0.2, 0.25) is 10.0 Å². The molecule has 29 heavy (non-hydrogen) atoms. The molecule has 0 saturated heterocycles. The summed E-state index contributed by atoms with van der Waals surface area (Å²) in [6.07, 6.45) is 0. The molecular formula is C20H16Cl2N2O4S. The van der Waals surface area contributed by atoms with Crippen molar-refractivity contribution in [2.24, 2.45) is 0 Å². The molecule has 0 aliphatic heterocycles. The summed E-state index contributed by atoms with van der Waals surface area (Å²) >= 11 is 11.9. The van der Waals surface area contributed by atoms with Crippen LogP contribution in [0.3, 0.4) is 0 Å². The molecule has 0 radical (unpaired) electrons. The third-order valence-corrected chi connectivity index (χ3v) is 5.70. The predicted molar refractivity (Wildman–Crippen MR) is 115 cm³/mol. The van der Waals surface area contributed by atoms with Gasteiger partial charge in [-0.25, -0.2) is 8.42 Å². The van der Waals surface area contributed by atoms with E-state index in [1.807, 2.05) is 0 Å². The Hall–Kier alpha value is -2.74. The topological polar surface area (TPSA) is 84.5 Å². The molecule has 0 saturated carbocycles. The van der Waals surface area contributed by atoms with Gasteiger partial charge in [-0.1, -0.05) is 29.3 Å². The summed E-state index contributed by atoms with van der Waals surface area (Å²) in [5.74, 6) is 0.109. The Morgan fingerprint density at radius 1 is 0.897 bits per heavy atom. The second-order valence-electron chi connectivity index (χ2n) is 5.97. The summed E-state index contributed by atoms with van der Waals surface area (Å²) in [6.45, 7) is 0. The first kappa shape index (κ1) is 21.0. The number of carbonyl (C=O) groups excluding carboxylic acids is 1. The zero-order chi connectivity index (χ0) is 21.0. The quantitative estimate of drug-likeness (QED) is 0.549. The molecule has 2 N–H and O–H groups in total.